The molecule has 0 fully saturated rings. The van der Waals surface area contributed by atoms with Gasteiger partial charge in [-0.25, -0.2) is 10.2 Å². The van der Waals surface area contributed by atoms with Gasteiger partial charge in [-0.1, -0.05) is 80.0 Å². The van der Waals surface area contributed by atoms with E-state index in [9.17, 15) is 9.59 Å². The largest absolute Gasteiger partial charge is 0.483 e. The summed E-state index contributed by atoms with van der Waals surface area (Å²) in [6.07, 6.45) is 1.46. The fraction of sp³-hybridized carbons (Fsp3) is 0.167. The minimum absolute atomic E-state index is 0.191. The van der Waals surface area contributed by atoms with Gasteiger partial charge in [0.05, 0.1) is 16.8 Å². The number of nitrogens with one attached hydrogen (secondary N) is 1. The van der Waals surface area contributed by atoms with E-state index in [1.807, 2.05) is 49.4 Å². The zero-order valence-corrected chi connectivity index (χ0v) is 21.6. The van der Waals surface area contributed by atoms with Gasteiger partial charge >= 0.3 is 5.97 Å². The van der Waals surface area contributed by atoms with Crippen LogP contribution in [0.5, 0.6) is 11.5 Å². The zero-order chi connectivity index (χ0) is 26.4. The van der Waals surface area contributed by atoms with Crippen LogP contribution in [0.1, 0.15) is 46.8 Å². The molecule has 4 aromatic rings. The molecule has 0 radical (unpaired) electrons. The molecule has 7 heteroatoms. The molecule has 0 saturated heterocycles. The molecule has 4 aromatic carbocycles. The van der Waals surface area contributed by atoms with Gasteiger partial charge < -0.3 is 9.47 Å². The average molecular weight is 515 g/mol. The van der Waals surface area contributed by atoms with E-state index < -0.39 is 11.9 Å². The molecule has 0 aliphatic rings. The number of nitrogens with zero attached hydrogens (tertiary/aromatic N) is 1. The average Bonchev–Trinajstić information content (AvgIpc) is 2.89. The molecule has 1 amide bonds. The molecular weight excluding hydrogens is 488 g/mol. The zero-order valence-electron chi connectivity index (χ0n) is 20.8. The first-order valence-electron chi connectivity index (χ1n) is 11.9. The predicted molar refractivity (Wildman–Crippen MR) is 147 cm³/mol. The fourth-order valence-corrected chi connectivity index (χ4v) is 3.97. The molecule has 0 aliphatic carbocycles. The van der Waals surface area contributed by atoms with Crippen molar-refractivity contribution < 1.29 is 19.1 Å². The predicted octanol–water partition coefficient (Wildman–Crippen LogP) is 6.67. The third-order valence-corrected chi connectivity index (χ3v) is 6.18. The van der Waals surface area contributed by atoms with Crippen LogP contribution < -0.4 is 14.9 Å². The van der Waals surface area contributed by atoms with E-state index in [2.05, 4.69) is 30.4 Å². The van der Waals surface area contributed by atoms with Gasteiger partial charge in [0.2, 0.25) is 0 Å². The van der Waals surface area contributed by atoms with Crippen molar-refractivity contribution in [1.82, 2.24) is 5.43 Å². The maximum Gasteiger partial charge on any atom is 0.345 e. The third kappa shape index (κ3) is 6.35. The summed E-state index contributed by atoms with van der Waals surface area (Å²) in [5.41, 5.74) is 5.36. The lowest BCUT2D eigenvalue weighted by Gasteiger charge is -2.12. The highest BCUT2D eigenvalue weighted by Gasteiger charge is 2.16. The Morgan fingerprint density at radius 1 is 0.973 bits per heavy atom. The first-order valence-corrected chi connectivity index (χ1v) is 12.2. The van der Waals surface area contributed by atoms with E-state index in [0.29, 0.717) is 28.0 Å². The van der Waals surface area contributed by atoms with Gasteiger partial charge in [-0.3, -0.25) is 4.79 Å². The van der Waals surface area contributed by atoms with Crippen molar-refractivity contribution in [3.63, 3.8) is 0 Å². The first kappa shape index (κ1) is 25.9. The summed E-state index contributed by atoms with van der Waals surface area (Å²) in [4.78, 5) is 25.2. The Balaban J connectivity index is 1.50. The standard InChI is InChI=1S/C30H27ClN2O4/c1-19(2)22-13-12-20(3)28(16-22)36-18-29(34)33-32-17-25-23-9-5-4-8-21(23)14-15-27(25)37-30(35)24-10-6-7-11-26(24)31/h4-17,19H,18H2,1-3H3,(H,33,34). The SMILES string of the molecule is Cc1ccc(C(C)C)cc1OCC(=O)NN=Cc1c(OC(=O)c2ccccc2Cl)ccc2ccccc12. The van der Waals surface area contributed by atoms with E-state index in [4.69, 9.17) is 21.1 Å². The van der Waals surface area contributed by atoms with Crippen LogP contribution in [0.25, 0.3) is 10.8 Å². The van der Waals surface area contributed by atoms with Crippen LogP contribution in [0, 0.1) is 6.92 Å². The number of esters is 1. The van der Waals surface area contributed by atoms with Gasteiger partial charge in [-0.05, 0) is 59.0 Å². The number of fused-ring (bicyclic) bond motifs is 1. The van der Waals surface area contributed by atoms with Crippen molar-refractivity contribution in [2.24, 2.45) is 5.10 Å². The summed E-state index contributed by atoms with van der Waals surface area (Å²) in [6.45, 7) is 5.94. The van der Waals surface area contributed by atoms with Crippen molar-refractivity contribution >= 4 is 40.5 Å². The number of benzene rings is 4. The Labute approximate surface area is 220 Å². The monoisotopic (exact) mass is 514 g/mol. The van der Waals surface area contributed by atoms with Crippen LogP contribution in [-0.4, -0.2) is 24.7 Å². The van der Waals surface area contributed by atoms with Crippen LogP contribution in [-0.2, 0) is 4.79 Å². The van der Waals surface area contributed by atoms with Gasteiger partial charge in [0.15, 0.2) is 6.61 Å². The smallest absolute Gasteiger partial charge is 0.345 e. The Bertz CT molecular complexity index is 1480. The molecule has 0 atom stereocenters. The molecule has 1 N–H and O–H groups in total. The van der Waals surface area contributed by atoms with Crippen LogP contribution in [0.3, 0.4) is 0 Å². The second-order valence-corrected chi connectivity index (χ2v) is 9.24. The maximum absolute atomic E-state index is 12.8. The summed E-state index contributed by atoms with van der Waals surface area (Å²) < 4.78 is 11.4. The molecule has 0 aromatic heterocycles. The number of hydrogen-bond acceptors (Lipinski definition) is 5. The molecule has 0 saturated carbocycles. The quantitative estimate of drug-likeness (QED) is 0.123. The Hall–Kier alpha value is -4.16. The van der Waals surface area contributed by atoms with Gasteiger partial charge in [0, 0.05) is 5.56 Å². The topological polar surface area (TPSA) is 77.0 Å². The van der Waals surface area contributed by atoms with Crippen molar-refractivity contribution in [2.75, 3.05) is 6.61 Å². The van der Waals surface area contributed by atoms with Crippen LogP contribution >= 0.6 is 11.6 Å². The lowest BCUT2D eigenvalue weighted by Crippen LogP contribution is -2.24. The van der Waals surface area contributed by atoms with E-state index in [1.54, 1.807) is 30.3 Å². The molecular formula is C30H27ClN2O4. The highest BCUT2D eigenvalue weighted by atomic mass is 35.5. The van der Waals surface area contributed by atoms with E-state index in [0.717, 1.165) is 21.9 Å². The first-order chi connectivity index (χ1) is 17.8. The Kier molecular flexibility index (Phi) is 8.21. The molecule has 0 bridgehead atoms. The summed E-state index contributed by atoms with van der Waals surface area (Å²) >= 11 is 6.16. The Morgan fingerprint density at radius 2 is 1.73 bits per heavy atom. The molecule has 0 spiro atoms. The van der Waals surface area contributed by atoms with Crippen molar-refractivity contribution in [3.8, 4) is 11.5 Å². The molecule has 37 heavy (non-hydrogen) atoms. The van der Waals surface area contributed by atoms with Crippen molar-refractivity contribution in [2.45, 2.75) is 26.7 Å². The molecule has 0 unspecified atom stereocenters. The summed E-state index contributed by atoms with van der Waals surface area (Å²) in [7, 11) is 0. The molecule has 0 aliphatic heterocycles. The number of ether oxygens (including phenoxy) is 2. The number of amides is 1. The molecule has 6 nitrogen and oxygen atoms in total. The number of halogens is 1. The minimum atomic E-state index is -0.591. The number of aryl methyl sites for hydroxylation is 1. The number of carbonyl (C=O) groups is 2. The molecule has 0 heterocycles. The molecule has 4 rings (SSSR count). The third-order valence-electron chi connectivity index (χ3n) is 5.85. The van der Waals surface area contributed by atoms with Crippen LogP contribution in [0.4, 0.5) is 0 Å². The van der Waals surface area contributed by atoms with Crippen LogP contribution in [0.15, 0.2) is 84.0 Å². The summed E-state index contributed by atoms with van der Waals surface area (Å²) in [5.74, 6) is 0.294. The second-order valence-electron chi connectivity index (χ2n) is 8.83. The lowest BCUT2D eigenvalue weighted by molar-refractivity contribution is -0.123. The maximum atomic E-state index is 12.8. The van der Waals surface area contributed by atoms with Gasteiger partial charge in [0.1, 0.15) is 11.5 Å². The van der Waals surface area contributed by atoms with E-state index in [1.165, 1.54) is 6.21 Å². The Morgan fingerprint density at radius 3 is 2.51 bits per heavy atom. The number of hydrogen-bond donors (Lipinski definition) is 1. The number of carbonyl (C=O) groups excluding carboxylic acids is 2. The van der Waals surface area contributed by atoms with Crippen molar-refractivity contribution in [1.29, 1.82) is 0 Å². The van der Waals surface area contributed by atoms with Gasteiger partial charge in [-0.2, -0.15) is 5.10 Å². The highest BCUT2D eigenvalue weighted by Crippen LogP contribution is 2.28. The lowest BCUT2D eigenvalue weighted by atomic mass is 10.0. The van der Waals surface area contributed by atoms with Gasteiger partial charge in [0.25, 0.3) is 5.91 Å². The molecule has 188 valence electrons. The van der Waals surface area contributed by atoms with Crippen molar-refractivity contribution in [3.05, 3.63) is 106 Å². The van der Waals surface area contributed by atoms with E-state index in [-0.39, 0.29) is 12.2 Å². The summed E-state index contributed by atoms with van der Waals surface area (Å²) in [5, 5.41) is 6.14. The minimum Gasteiger partial charge on any atom is -0.483 e. The normalized spacial score (nSPS) is 11.2. The van der Waals surface area contributed by atoms with Gasteiger partial charge in [-0.15, -0.1) is 0 Å². The number of rotatable bonds is 8. The fourth-order valence-electron chi connectivity index (χ4n) is 3.76. The summed E-state index contributed by atoms with van der Waals surface area (Å²) in [6, 6.07) is 23.8. The number of hydrazone groups is 1. The van der Waals surface area contributed by atoms with Crippen LogP contribution in [0.2, 0.25) is 5.02 Å². The second kappa shape index (κ2) is 11.7. The highest BCUT2D eigenvalue weighted by molar-refractivity contribution is 6.33. The van der Waals surface area contributed by atoms with E-state index >= 15 is 0 Å².